The van der Waals surface area contributed by atoms with Crippen molar-refractivity contribution in [2.75, 3.05) is 84.9 Å². The number of ketones is 2. The molecule has 31 heteroatoms. The van der Waals surface area contributed by atoms with Crippen LogP contribution in [0.1, 0.15) is 130 Å². The number of alkyl carbamates (subject to hydrolysis) is 1. The lowest BCUT2D eigenvalue weighted by Gasteiger charge is -2.17. The van der Waals surface area contributed by atoms with Crippen molar-refractivity contribution in [1.29, 1.82) is 0 Å². The second-order valence-electron chi connectivity index (χ2n) is 24.6. The molecule has 1 aliphatic rings. The van der Waals surface area contributed by atoms with E-state index in [1.54, 1.807) is 14.2 Å². The quantitative estimate of drug-likeness (QED) is 0.0204. The number of ether oxygens (including phenoxy) is 5. The fourth-order valence-corrected chi connectivity index (χ4v) is 11.2. The Bertz CT molecular complexity index is 4220. The van der Waals surface area contributed by atoms with Crippen molar-refractivity contribution in [3.63, 3.8) is 0 Å². The van der Waals surface area contributed by atoms with Crippen molar-refractivity contribution in [3.05, 3.63) is 151 Å². The van der Waals surface area contributed by atoms with E-state index in [1.165, 1.54) is 9.13 Å². The van der Waals surface area contributed by atoms with Crippen molar-refractivity contribution in [2.45, 2.75) is 135 Å². The molecule has 0 saturated carbocycles. The third-order valence-electron chi connectivity index (χ3n) is 16.9. The van der Waals surface area contributed by atoms with Gasteiger partial charge in [-0.05, 0) is 109 Å². The van der Waals surface area contributed by atoms with Gasteiger partial charge in [0.05, 0.1) is 26.3 Å². The molecule has 9 rings (SSSR count). The van der Waals surface area contributed by atoms with Crippen LogP contribution in [-0.2, 0) is 68.9 Å². The summed E-state index contributed by atoms with van der Waals surface area (Å²) in [5.74, 6) is -2.68. The summed E-state index contributed by atoms with van der Waals surface area (Å²) in [6.07, 6.45) is 3.87. The number of nitrogen functional groups attached to an aromatic ring is 2. The van der Waals surface area contributed by atoms with Gasteiger partial charge in [0.1, 0.15) is 54.5 Å². The number of anilines is 2. The maximum Gasteiger partial charge on any atom is 0.407 e. The first kappa shape index (κ1) is 80.4. The lowest BCUT2D eigenvalue weighted by atomic mass is 9.98. The van der Waals surface area contributed by atoms with Gasteiger partial charge in [-0.15, -0.1) is 0 Å². The van der Waals surface area contributed by atoms with E-state index >= 15 is 0 Å². The molecule has 2 atom stereocenters. The highest BCUT2D eigenvalue weighted by molar-refractivity contribution is 5.87. The van der Waals surface area contributed by atoms with Crippen LogP contribution in [0.25, 0.3) is 33.5 Å². The second kappa shape index (κ2) is 41.9. The number of aromatic amines is 2. The fraction of sp³-hybridized carbons (Fsp3) is 0.438. The number of nitrogens with two attached hydrogens (primary N) is 3. The largest absolute Gasteiger partial charge is 0.480 e. The first-order valence-corrected chi connectivity index (χ1v) is 34.7. The van der Waals surface area contributed by atoms with E-state index in [1.807, 2.05) is 97.1 Å². The zero-order valence-electron chi connectivity index (χ0n) is 59.2. The Balaban J connectivity index is 0.000000288. The molecule has 0 unspecified atom stereocenters. The van der Waals surface area contributed by atoms with E-state index < -0.39 is 35.8 Å². The molecule has 31 nitrogen and oxygen atoms in total. The Labute approximate surface area is 600 Å². The first-order valence-electron chi connectivity index (χ1n) is 34.7. The smallest absolute Gasteiger partial charge is 0.407 e. The molecule has 4 aromatic carbocycles. The van der Waals surface area contributed by atoms with E-state index in [4.69, 9.17) is 46.0 Å². The van der Waals surface area contributed by atoms with Crippen molar-refractivity contribution >= 4 is 75.4 Å². The molecular formula is C73H95N15O16. The molecule has 4 heterocycles. The number of unbranched alkanes of at least 4 members (excludes halogenated alkanes) is 2. The number of carboxylic acids is 2. The third kappa shape index (κ3) is 25.0. The maximum atomic E-state index is 12.7. The molecule has 4 aromatic heterocycles. The number of benzene rings is 4. The van der Waals surface area contributed by atoms with Crippen molar-refractivity contribution < 1.29 is 67.5 Å². The van der Waals surface area contributed by atoms with E-state index in [-0.39, 0.29) is 130 Å². The van der Waals surface area contributed by atoms with Gasteiger partial charge in [0, 0.05) is 71.8 Å². The number of methoxy groups -OCH3 is 2. The van der Waals surface area contributed by atoms with Gasteiger partial charge in [-0.3, -0.25) is 33.1 Å². The fourth-order valence-electron chi connectivity index (χ4n) is 11.2. The number of aromatic nitrogens is 8. The van der Waals surface area contributed by atoms with Crippen molar-refractivity contribution in [1.82, 2.24) is 60.3 Å². The number of imidazole rings is 2. The van der Waals surface area contributed by atoms with Crippen LogP contribution in [-0.4, -0.2) is 176 Å². The van der Waals surface area contributed by atoms with Crippen LogP contribution in [0.2, 0.25) is 0 Å². The number of carbonyl (C=O) groups excluding carboxylic acids is 5. The average Bonchev–Trinajstić information content (AvgIpc) is 1.63. The molecule has 558 valence electrons. The second-order valence-corrected chi connectivity index (χ2v) is 24.6. The molecule has 0 bridgehead atoms. The standard InChI is InChI=1S/C42H47N7O9.C27H37N7O7.C4H11N/c1-56-22-23-57-40-47-37(43)36-38(48-40)49(41(54)46-36)24-27-15-13-26(14-16-27)17-18-28(50)19-20-35(51)44-21-7-6-12-34(39(52)53)45-42(55)58-25-33-31-10-4-2-8-29(31)30-9-3-5-11-32(30)33;1-40-14-15-41-26-32-23(29)22-24(33-26)34(27(39)31-22)16-18-7-5-17(6-8-18)9-10-19(35)11-12-21(36)30-13-3-2-4-20(28)25(37)38;1-3-5-4-2/h2-5,8-11,13-16,33-34H,6-7,12,17-25H2,1H3,(H,44,51)(H,45,55)(H,46,54)(H,52,53)(H2,43,47,48);5-8,20H,2-4,9-16,28H2,1H3,(H,30,36)(H,31,39)(H,37,38)(H2,29,32,33);5H,3-4H2,1-2H3/t34-;20-;/m00./s1. The predicted octanol–water partition coefficient (Wildman–Crippen LogP) is 5.71. The highest BCUT2D eigenvalue weighted by atomic mass is 16.6. The number of nitrogens with zero attached hydrogens (tertiary/aromatic N) is 6. The summed E-state index contributed by atoms with van der Waals surface area (Å²) >= 11 is 0. The normalized spacial score (nSPS) is 12.0. The van der Waals surface area contributed by atoms with Gasteiger partial charge < -0.3 is 82.3 Å². The van der Waals surface area contributed by atoms with Crippen molar-refractivity contribution in [2.24, 2.45) is 5.73 Å². The summed E-state index contributed by atoms with van der Waals surface area (Å²) in [4.78, 5) is 132. The van der Waals surface area contributed by atoms with Gasteiger partial charge in [0.25, 0.3) is 0 Å². The summed E-state index contributed by atoms with van der Waals surface area (Å²) in [5.41, 5.74) is 25.9. The van der Waals surface area contributed by atoms with Crippen LogP contribution in [0.3, 0.4) is 0 Å². The van der Waals surface area contributed by atoms with Gasteiger partial charge in [-0.25, -0.2) is 19.2 Å². The number of hydrogen-bond acceptors (Lipinski definition) is 22. The average molecular weight is 1440 g/mol. The topological polar surface area (TPSA) is 459 Å². The molecule has 0 fully saturated rings. The van der Waals surface area contributed by atoms with E-state index in [0.717, 1.165) is 57.6 Å². The predicted molar refractivity (Wildman–Crippen MR) is 389 cm³/mol. The Kier molecular flexibility index (Phi) is 32.4. The Hall–Kier alpha value is -10.9. The van der Waals surface area contributed by atoms with Gasteiger partial charge >= 0.3 is 41.4 Å². The SMILES string of the molecule is CCNCC.COCCOc1nc(N)c2[nH]c(=O)n(Cc3ccc(CCC(=O)CCC(=O)NCCCC[C@H](N)C(=O)O)cc3)c2n1.COCCOc1nc(N)c2[nH]c(=O)n(Cc3ccc(CCC(=O)CCC(=O)NCCCC[C@H](NC(=O)OCC4c5ccccc5-c5ccccc54)C(=O)O)cc3)c2n1. The molecule has 0 aliphatic heterocycles. The van der Waals surface area contributed by atoms with Gasteiger partial charge in [0.2, 0.25) is 11.8 Å². The number of amides is 3. The number of rotatable bonds is 41. The number of aliphatic carboxylic acids is 2. The molecule has 0 radical (unpaired) electrons. The van der Waals surface area contributed by atoms with Crippen LogP contribution in [0.5, 0.6) is 12.0 Å². The number of H-pyrrole nitrogens is 2. The summed E-state index contributed by atoms with van der Waals surface area (Å²) in [7, 11) is 3.09. The van der Waals surface area contributed by atoms with E-state index in [2.05, 4.69) is 65.0 Å². The van der Waals surface area contributed by atoms with Crippen molar-refractivity contribution in [3.8, 4) is 23.1 Å². The summed E-state index contributed by atoms with van der Waals surface area (Å²) in [6, 6.07) is 29.0. The van der Waals surface area contributed by atoms with Crippen LogP contribution < -0.4 is 59.3 Å². The number of nitrogens with one attached hydrogen (secondary N) is 6. The number of hydrogen-bond donors (Lipinski definition) is 11. The van der Waals surface area contributed by atoms with Gasteiger partial charge in [0.15, 0.2) is 22.9 Å². The number of carboxylic acid groups (broad SMARTS) is 2. The monoisotopic (exact) mass is 1440 g/mol. The highest BCUT2D eigenvalue weighted by Gasteiger charge is 2.30. The third-order valence-corrected chi connectivity index (χ3v) is 16.9. The molecule has 1 aliphatic carbocycles. The molecule has 104 heavy (non-hydrogen) atoms. The molecule has 0 saturated heterocycles. The Morgan fingerprint density at radius 1 is 0.548 bits per heavy atom. The number of Topliss-reactive ketones (excluding diaryl/α,β-unsaturated/α-hetero) is 2. The number of fused-ring (bicyclic) bond motifs is 5. The van der Waals surface area contributed by atoms with Gasteiger partial charge in [-0.1, -0.05) is 111 Å². The van der Waals surface area contributed by atoms with Crippen LogP contribution in [0.15, 0.2) is 107 Å². The summed E-state index contributed by atoms with van der Waals surface area (Å²) in [5, 5.41) is 29.5. The minimum Gasteiger partial charge on any atom is -0.480 e. The highest BCUT2D eigenvalue weighted by Crippen LogP contribution is 2.44. The van der Waals surface area contributed by atoms with Crippen LogP contribution in [0.4, 0.5) is 16.4 Å². The molecule has 0 spiro atoms. The van der Waals surface area contributed by atoms with E-state index in [0.29, 0.717) is 100.0 Å². The summed E-state index contributed by atoms with van der Waals surface area (Å²) in [6.45, 7) is 8.81. The molecule has 8 aromatic rings. The Morgan fingerprint density at radius 3 is 1.39 bits per heavy atom. The zero-order chi connectivity index (χ0) is 74.9. The maximum absolute atomic E-state index is 12.7. The number of carbonyl (C=O) groups is 7. The summed E-state index contributed by atoms with van der Waals surface area (Å²) < 4.78 is 29.3. The van der Waals surface area contributed by atoms with Gasteiger partial charge in [-0.2, -0.15) is 19.9 Å². The van der Waals surface area contributed by atoms with Crippen LogP contribution >= 0.6 is 0 Å². The zero-order valence-corrected chi connectivity index (χ0v) is 59.2. The van der Waals surface area contributed by atoms with Crippen LogP contribution in [0, 0.1) is 0 Å². The lowest BCUT2D eigenvalue weighted by molar-refractivity contribution is -0.140. The van der Waals surface area contributed by atoms with E-state index in [9.17, 15) is 48.3 Å². The number of aryl methyl sites for hydroxylation is 2. The Morgan fingerprint density at radius 2 is 0.981 bits per heavy atom. The molecular weight excluding hydrogens is 1340 g/mol. The minimum absolute atomic E-state index is 0.0113. The molecule has 14 N–H and O–H groups in total. The lowest BCUT2D eigenvalue weighted by Crippen LogP contribution is -2.41. The molecule has 3 amide bonds. The first-order chi connectivity index (χ1) is 50.2. The minimum atomic E-state index is -1.17.